The Bertz CT molecular complexity index is 495. The Morgan fingerprint density at radius 2 is 2.00 bits per heavy atom. The van der Waals surface area contributed by atoms with Crippen molar-refractivity contribution in [3.05, 3.63) is 16.5 Å². The third-order valence-corrected chi connectivity index (χ3v) is 4.10. The minimum atomic E-state index is -0.844. The van der Waals surface area contributed by atoms with Crippen molar-refractivity contribution in [2.24, 2.45) is 5.92 Å². The number of esters is 1. The number of ether oxygens (including phenoxy) is 1. The molecule has 20 heavy (non-hydrogen) atoms. The lowest BCUT2D eigenvalue weighted by molar-refractivity contribution is -0.140. The molecule has 0 bridgehead atoms. The van der Waals surface area contributed by atoms with Crippen LogP contribution in [0.4, 0.5) is 5.00 Å². The number of anilines is 1. The van der Waals surface area contributed by atoms with E-state index in [1.165, 1.54) is 18.4 Å². The smallest absolute Gasteiger partial charge is 0.340 e. The molecule has 112 valence electrons. The molecule has 1 rings (SSSR count). The van der Waals surface area contributed by atoms with Crippen LogP contribution in [-0.2, 0) is 9.53 Å². The molecule has 0 aromatic carbocycles. The minimum Gasteiger partial charge on any atom is -0.481 e. The maximum Gasteiger partial charge on any atom is 0.340 e. The van der Waals surface area contributed by atoms with E-state index in [1.54, 1.807) is 13.0 Å². The molecule has 1 aromatic rings. The SMILES string of the molecule is COC(=O)c1cc(C)sc1N(CC(C)C(=O)O)C(C)C. The first-order chi connectivity index (χ1) is 9.27. The van der Waals surface area contributed by atoms with E-state index in [2.05, 4.69) is 0 Å². The van der Waals surface area contributed by atoms with E-state index in [4.69, 9.17) is 9.84 Å². The Morgan fingerprint density at radius 1 is 1.40 bits per heavy atom. The van der Waals surface area contributed by atoms with Crippen molar-refractivity contribution >= 4 is 28.3 Å². The lowest BCUT2D eigenvalue weighted by atomic mass is 10.1. The number of carbonyl (C=O) groups is 2. The summed E-state index contributed by atoms with van der Waals surface area (Å²) in [5.41, 5.74) is 0.501. The summed E-state index contributed by atoms with van der Waals surface area (Å²) in [6.07, 6.45) is 0. The van der Waals surface area contributed by atoms with Crippen molar-refractivity contribution in [2.75, 3.05) is 18.6 Å². The Morgan fingerprint density at radius 3 is 2.45 bits per heavy atom. The van der Waals surface area contributed by atoms with Crippen LogP contribution in [-0.4, -0.2) is 36.7 Å². The molecule has 0 aliphatic carbocycles. The summed E-state index contributed by atoms with van der Waals surface area (Å²) in [5.74, 6) is -1.74. The maximum absolute atomic E-state index is 11.8. The summed E-state index contributed by atoms with van der Waals surface area (Å²) in [7, 11) is 1.35. The molecule has 0 fully saturated rings. The highest BCUT2D eigenvalue weighted by Crippen LogP contribution is 2.33. The van der Waals surface area contributed by atoms with Crippen molar-refractivity contribution < 1.29 is 19.4 Å². The van der Waals surface area contributed by atoms with Gasteiger partial charge in [0.25, 0.3) is 0 Å². The van der Waals surface area contributed by atoms with Crippen LogP contribution in [0.25, 0.3) is 0 Å². The zero-order chi connectivity index (χ0) is 15.4. The molecule has 0 amide bonds. The number of hydrogen-bond donors (Lipinski definition) is 1. The van der Waals surface area contributed by atoms with Gasteiger partial charge in [0.1, 0.15) is 5.00 Å². The van der Waals surface area contributed by atoms with Gasteiger partial charge in [-0.25, -0.2) is 4.79 Å². The van der Waals surface area contributed by atoms with Crippen LogP contribution in [0.3, 0.4) is 0 Å². The maximum atomic E-state index is 11.8. The largest absolute Gasteiger partial charge is 0.481 e. The van der Waals surface area contributed by atoms with Crippen LogP contribution in [0.1, 0.15) is 36.0 Å². The number of methoxy groups -OCH3 is 1. The molecule has 0 radical (unpaired) electrons. The Hall–Kier alpha value is -1.56. The second-order valence-corrected chi connectivity index (χ2v) is 6.29. The van der Waals surface area contributed by atoms with Crippen molar-refractivity contribution in [2.45, 2.75) is 33.7 Å². The highest BCUT2D eigenvalue weighted by atomic mass is 32.1. The number of nitrogens with zero attached hydrogens (tertiary/aromatic N) is 1. The number of aliphatic carboxylic acids is 1. The zero-order valence-corrected chi connectivity index (χ0v) is 13.3. The van der Waals surface area contributed by atoms with Gasteiger partial charge in [-0.05, 0) is 26.8 Å². The number of aryl methyl sites for hydroxylation is 1. The molecule has 0 aliphatic heterocycles. The van der Waals surface area contributed by atoms with E-state index in [9.17, 15) is 9.59 Å². The Labute approximate surface area is 123 Å². The minimum absolute atomic E-state index is 0.0956. The first kappa shape index (κ1) is 16.5. The summed E-state index contributed by atoms with van der Waals surface area (Å²) in [4.78, 5) is 25.8. The number of rotatable bonds is 6. The molecule has 1 heterocycles. The molecule has 5 nitrogen and oxygen atoms in total. The van der Waals surface area contributed by atoms with Gasteiger partial charge >= 0.3 is 11.9 Å². The normalized spacial score (nSPS) is 12.3. The molecular weight excluding hydrogens is 278 g/mol. The van der Waals surface area contributed by atoms with E-state index in [-0.39, 0.29) is 6.04 Å². The molecule has 0 spiro atoms. The lowest BCUT2D eigenvalue weighted by Crippen LogP contribution is -2.37. The average Bonchev–Trinajstić information content (AvgIpc) is 2.75. The fraction of sp³-hybridized carbons (Fsp3) is 0.571. The van der Waals surface area contributed by atoms with Gasteiger partial charge in [-0.2, -0.15) is 0 Å². The fourth-order valence-corrected chi connectivity index (χ4v) is 3.01. The van der Waals surface area contributed by atoms with Gasteiger partial charge in [-0.15, -0.1) is 11.3 Å². The van der Waals surface area contributed by atoms with E-state index >= 15 is 0 Å². The topological polar surface area (TPSA) is 66.8 Å². The van der Waals surface area contributed by atoms with E-state index < -0.39 is 17.9 Å². The molecule has 1 atom stereocenters. The summed E-state index contributed by atoms with van der Waals surface area (Å²) in [5, 5.41) is 9.85. The van der Waals surface area contributed by atoms with Crippen molar-refractivity contribution in [3.63, 3.8) is 0 Å². The molecule has 1 unspecified atom stereocenters. The standard InChI is InChI=1S/C14H21NO4S/c1-8(2)15(7-9(3)13(16)17)12-11(14(18)19-5)6-10(4)20-12/h6,8-9H,7H2,1-5H3,(H,16,17). The van der Waals surface area contributed by atoms with Crippen LogP contribution in [0.15, 0.2) is 6.07 Å². The van der Waals surface area contributed by atoms with Gasteiger partial charge in [0.2, 0.25) is 0 Å². The number of thiophene rings is 1. The van der Waals surface area contributed by atoms with E-state index in [0.29, 0.717) is 12.1 Å². The molecule has 0 saturated heterocycles. The number of carboxylic acids is 1. The van der Waals surface area contributed by atoms with E-state index in [1.807, 2.05) is 25.7 Å². The van der Waals surface area contributed by atoms with Gasteiger partial charge in [0.15, 0.2) is 0 Å². The van der Waals surface area contributed by atoms with Gasteiger partial charge in [0.05, 0.1) is 18.6 Å². The number of hydrogen-bond acceptors (Lipinski definition) is 5. The van der Waals surface area contributed by atoms with Gasteiger partial charge in [-0.3, -0.25) is 4.79 Å². The summed E-state index contributed by atoms with van der Waals surface area (Å²) in [6.45, 7) is 7.89. The zero-order valence-electron chi connectivity index (χ0n) is 12.5. The van der Waals surface area contributed by atoms with Gasteiger partial charge < -0.3 is 14.7 Å². The first-order valence-electron chi connectivity index (χ1n) is 6.46. The summed E-state index contributed by atoms with van der Waals surface area (Å²) < 4.78 is 4.80. The number of carbonyl (C=O) groups excluding carboxylic acids is 1. The van der Waals surface area contributed by atoms with Gasteiger partial charge in [0, 0.05) is 17.5 Å². The first-order valence-corrected chi connectivity index (χ1v) is 7.27. The van der Waals surface area contributed by atoms with Crippen LogP contribution in [0.2, 0.25) is 0 Å². The van der Waals surface area contributed by atoms with Crippen molar-refractivity contribution in [3.8, 4) is 0 Å². The highest BCUT2D eigenvalue weighted by molar-refractivity contribution is 7.16. The molecule has 0 aliphatic rings. The predicted molar refractivity (Wildman–Crippen MR) is 79.7 cm³/mol. The predicted octanol–water partition coefficient (Wildman–Crippen LogP) is 2.78. The van der Waals surface area contributed by atoms with Crippen LogP contribution < -0.4 is 4.90 Å². The van der Waals surface area contributed by atoms with Crippen LogP contribution in [0.5, 0.6) is 0 Å². The van der Waals surface area contributed by atoms with Gasteiger partial charge in [-0.1, -0.05) is 6.92 Å². The summed E-state index contributed by atoms with van der Waals surface area (Å²) in [6, 6.07) is 1.88. The molecule has 6 heteroatoms. The van der Waals surface area contributed by atoms with E-state index in [0.717, 1.165) is 9.88 Å². The van der Waals surface area contributed by atoms with Crippen LogP contribution in [0, 0.1) is 12.8 Å². The number of carboxylic acid groups (broad SMARTS) is 1. The molecule has 0 saturated carbocycles. The second kappa shape index (κ2) is 6.74. The fourth-order valence-electron chi connectivity index (χ4n) is 1.87. The third-order valence-electron chi connectivity index (χ3n) is 3.02. The summed E-state index contributed by atoms with van der Waals surface area (Å²) >= 11 is 1.48. The molecule has 1 N–H and O–H groups in total. The highest BCUT2D eigenvalue weighted by Gasteiger charge is 2.25. The quantitative estimate of drug-likeness (QED) is 0.818. The van der Waals surface area contributed by atoms with Crippen molar-refractivity contribution in [1.82, 2.24) is 0 Å². The van der Waals surface area contributed by atoms with Crippen molar-refractivity contribution in [1.29, 1.82) is 0 Å². The monoisotopic (exact) mass is 299 g/mol. The second-order valence-electron chi connectivity index (χ2n) is 5.05. The Balaban J connectivity index is 3.15. The third kappa shape index (κ3) is 3.72. The molecular formula is C14H21NO4S. The lowest BCUT2D eigenvalue weighted by Gasteiger charge is -2.29. The molecule has 1 aromatic heterocycles. The average molecular weight is 299 g/mol. The Kier molecular flexibility index (Phi) is 5.56. The van der Waals surface area contributed by atoms with Crippen LogP contribution >= 0.6 is 11.3 Å².